The van der Waals surface area contributed by atoms with Crippen molar-refractivity contribution in [3.63, 3.8) is 0 Å². The topological polar surface area (TPSA) is 56.8 Å². The average molecular weight is 329 g/mol. The molecule has 0 spiro atoms. The number of para-hydroxylation sites is 1. The second kappa shape index (κ2) is 8.82. The Morgan fingerprint density at radius 2 is 1.79 bits per heavy atom. The first-order chi connectivity index (χ1) is 11.7. The summed E-state index contributed by atoms with van der Waals surface area (Å²) in [6, 6.07) is 13.1. The van der Waals surface area contributed by atoms with E-state index in [0.29, 0.717) is 31.1 Å². The highest BCUT2D eigenvalue weighted by Gasteiger charge is 2.11. The average Bonchev–Trinajstić information content (AvgIpc) is 2.61. The SMILES string of the molecule is CCOc1ccc(CC(=O)NCc2cccc(OC)c2OC)cc1. The lowest BCUT2D eigenvalue weighted by atomic mass is 10.1. The number of carbonyl (C=O) groups excluding carboxylic acids is 1. The minimum absolute atomic E-state index is 0.0518. The molecule has 0 aliphatic rings. The van der Waals surface area contributed by atoms with E-state index < -0.39 is 0 Å². The van der Waals surface area contributed by atoms with Crippen molar-refractivity contribution in [3.05, 3.63) is 53.6 Å². The third-order valence-electron chi connectivity index (χ3n) is 3.56. The predicted octanol–water partition coefficient (Wildman–Crippen LogP) is 2.96. The highest BCUT2D eigenvalue weighted by atomic mass is 16.5. The van der Waals surface area contributed by atoms with Crippen molar-refractivity contribution in [1.82, 2.24) is 5.32 Å². The predicted molar refractivity (Wildman–Crippen MR) is 92.7 cm³/mol. The van der Waals surface area contributed by atoms with Crippen molar-refractivity contribution in [3.8, 4) is 17.2 Å². The molecule has 128 valence electrons. The van der Waals surface area contributed by atoms with Gasteiger partial charge in [0.05, 0.1) is 27.2 Å². The van der Waals surface area contributed by atoms with Crippen molar-refractivity contribution in [2.45, 2.75) is 19.9 Å². The molecule has 1 amide bonds. The number of benzene rings is 2. The Morgan fingerprint density at radius 3 is 2.42 bits per heavy atom. The fourth-order valence-electron chi connectivity index (χ4n) is 2.40. The summed E-state index contributed by atoms with van der Waals surface area (Å²) in [4.78, 5) is 12.1. The number of carbonyl (C=O) groups is 1. The van der Waals surface area contributed by atoms with Gasteiger partial charge >= 0.3 is 0 Å². The first-order valence-electron chi connectivity index (χ1n) is 7.86. The van der Waals surface area contributed by atoms with Crippen molar-refractivity contribution in [1.29, 1.82) is 0 Å². The molecule has 2 aromatic carbocycles. The molecule has 5 nitrogen and oxygen atoms in total. The first kappa shape index (κ1) is 17.7. The van der Waals surface area contributed by atoms with Gasteiger partial charge in [0.2, 0.25) is 5.91 Å². The number of methoxy groups -OCH3 is 2. The molecule has 0 saturated heterocycles. The van der Waals surface area contributed by atoms with Crippen LogP contribution in [0.15, 0.2) is 42.5 Å². The van der Waals surface area contributed by atoms with Gasteiger partial charge in [0.25, 0.3) is 0 Å². The van der Waals surface area contributed by atoms with Crippen LogP contribution < -0.4 is 19.5 Å². The third kappa shape index (κ3) is 4.65. The first-order valence-corrected chi connectivity index (χ1v) is 7.86. The molecule has 0 saturated carbocycles. The van der Waals surface area contributed by atoms with Crippen LogP contribution >= 0.6 is 0 Å². The van der Waals surface area contributed by atoms with E-state index >= 15 is 0 Å². The van der Waals surface area contributed by atoms with E-state index in [1.54, 1.807) is 14.2 Å². The van der Waals surface area contributed by atoms with E-state index in [1.807, 2.05) is 49.4 Å². The number of rotatable bonds is 8. The van der Waals surface area contributed by atoms with Gasteiger partial charge < -0.3 is 19.5 Å². The fourth-order valence-corrected chi connectivity index (χ4v) is 2.40. The normalized spacial score (nSPS) is 10.1. The second-order valence-electron chi connectivity index (χ2n) is 5.18. The number of hydrogen-bond acceptors (Lipinski definition) is 4. The van der Waals surface area contributed by atoms with Gasteiger partial charge in [0.1, 0.15) is 5.75 Å². The maximum Gasteiger partial charge on any atom is 0.224 e. The number of amides is 1. The molecule has 0 aliphatic heterocycles. The highest BCUT2D eigenvalue weighted by molar-refractivity contribution is 5.78. The van der Waals surface area contributed by atoms with Crippen LogP contribution in [0.5, 0.6) is 17.2 Å². The highest BCUT2D eigenvalue weighted by Crippen LogP contribution is 2.30. The molecule has 24 heavy (non-hydrogen) atoms. The monoisotopic (exact) mass is 329 g/mol. The van der Waals surface area contributed by atoms with Gasteiger partial charge in [-0.05, 0) is 30.7 Å². The molecule has 5 heteroatoms. The summed E-state index contributed by atoms with van der Waals surface area (Å²) < 4.78 is 16.0. The lowest BCUT2D eigenvalue weighted by molar-refractivity contribution is -0.120. The van der Waals surface area contributed by atoms with Crippen LogP contribution in [0.3, 0.4) is 0 Å². The number of hydrogen-bond donors (Lipinski definition) is 1. The van der Waals surface area contributed by atoms with Crippen LogP contribution in [0, 0.1) is 0 Å². The summed E-state index contributed by atoms with van der Waals surface area (Å²) in [6.07, 6.45) is 0.318. The van der Waals surface area contributed by atoms with Gasteiger partial charge in [-0.25, -0.2) is 0 Å². The molecule has 1 N–H and O–H groups in total. The van der Waals surface area contributed by atoms with Crippen molar-refractivity contribution in [2.24, 2.45) is 0 Å². The Morgan fingerprint density at radius 1 is 1.04 bits per heavy atom. The molecule has 2 aromatic rings. The zero-order valence-corrected chi connectivity index (χ0v) is 14.3. The second-order valence-corrected chi connectivity index (χ2v) is 5.18. The summed E-state index contributed by atoms with van der Waals surface area (Å²) in [7, 11) is 3.18. The quantitative estimate of drug-likeness (QED) is 0.809. The Bertz CT molecular complexity index is 668. The minimum atomic E-state index is -0.0518. The van der Waals surface area contributed by atoms with Crippen molar-refractivity contribution >= 4 is 5.91 Å². The maximum atomic E-state index is 12.1. The molecule has 0 aliphatic carbocycles. The molecular formula is C19H23NO4. The van der Waals surface area contributed by atoms with Crippen LogP contribution in [0.4, 0.5) is 0 Å². The molecule has 0 atom stereocenters. The van der Waals surface area contributed by atoms with Gasteiger partial charge in [-0.1, -0.05) is 24.3 Å². The van der Waals surface area contributed by atoms with E-state index in [-0.39, 0.29) is 5.91 Å². The molecule has 0 aromatic heterocycles. The number of ether oxygens (including phenoxy) is 3. The summed E-state index contributed by atoms with van der Waals surface area (Å²) in [6.45, 7) is 2.95. The molecule has 0 fully saturated rings. The molecule has 0 bridgehead atoms. The fraction of sp³-hybridized carbons (Fsp3) is 0.316. The lowest BCUT2D eigenvalue weighted by Gasteiger charge is -2.13. The van der Waals surface area contributed by atoms with Gasteiger partial charge in [0.15, 0.2) is 11.5 Å². The lowest BCUT2D eigenvalue weighted by Crippen LogP contribution is -2.24. The Kier molecular flexibility index (Phi) is 6.49. The van der Waals surface area contributed by atoms with Gasteiger partial charge in [-0.3, -0.25) is 4.79 Å². The summed E-state index contributed by atoms with van der Waals surface area (Å²) in [5.74, 6) is 2.05. The molecule has 0 radical (unpaired) electrons. The van der Waals surface area contributed by atoms with Crippen molar-refractivity contribution < 1.29 is 19.0 Å². The summed E-state index contributed by atoms with van der Waals surface area (Å²) in [5.41, 5.74) is 1.81. The maximum absolute atomic E-state index is 12.1. The molecule has 2 rings (SSSR count). The van der Waals surface area contributed by atoms with Gasteiger partial charge in [-0.15, -0.1) is 0 Å². The van der Waals surface area contributed by atoms with E-state index in [2.05, 4.69) is 5.32 Å². The standard InChI is InChI=1S/C19H23NO4/c1-4-24-16-10-8-14(9-11-16)12-18(21)20-13-15-6-5-7-17(22-2)19(15)23-3/h5-11H,4,12-13H2,1-3H3,(H,20,21). The van der Waals surface area contributed by atoms with Crippen molar-refractivity contribution in [2.75, 3.05) is 20.8 Å². The third-order valence-corrected chi connectivity index (χ3v) is 3.56. The van der Waals surface area contributed by atoms with E-state index in [1.165, 1.54) is 0 Å². The van der Waals surface area contributed by atoms with E-state index in [4.69, 9.17) is 14.2 Å². The summed E-state index contributed by atoms with van der Waals surface area (Å²) in [5, 5.41) is 2.91. The number of nitrogens with one attached hydrogen (secondary N) is 1. The van der Waals surface area contributed by atoms with E-state index in [9.17, 15) is 4.79 Å². The Balaban J connectivity index is 1.93. The van der Waals surface area contributed by atoms with E-state index in [0.717, 1.165) is 16.9 Å². The van der Waals surface area contributed by atoms with Crippen LogP contribution in [-0.2, 0) is 17.8 Å². The van der Waals surface area contributed by atoms with Crippen LogP contribution in [0.2, 0.25) is 0 Å². The molecular weight excluding hydrogens is 306 g/mol. The summed E-state index contributed by atoms with van der Waals surface area (Å²) >= 11 is 0. The smallest absolute Gasteiger partial charge is 0.224 e. The van der Waals surface area contributed by atoms with Gasteiger partial charge in [0, 0.05) is 12.1 Å². The van der Waals surface area contributed by atoms with Crippen LogP contribution in [0.1, 0.15) is 18.1 Å². The minimum Gasteiger partial charge on any atom is -0.494 e. The van der Waals surface area contributed by atoms with Gasteiger partial charge in [-0.2, -0.15) is 0 Å². The Labute approximate surface area is 142 Å². The molecule has 0 heterocycles. The zero-order chi connectivity index (χ0) is 17.4. The van der Waals surface area contributed by atoms with Crippen LogP contribution in [0.25, 0.3) is 0 Å². The molecule has 0 unspecified atom stereocenters. The van der Waals surface area contributed by atoms with Crippen LogP contribution in [-0.4, -0.2) is 26.7 Å². The Hall–Kier alpha value is -2.69. The largest absolute Gasteiger partial charge is 0.494 e. The zero-order valence-electron chi connectivity index (χ0n) is 14.3.